The van der Waals surface area contributed by atoms with Gasteiger partial charge in [0.15, 0.2) is 11.5 Å². The van der Waals surface area contributed by atoms with Crippen molar-refractivity contribution >= 4 is 33.6 Å². The lowest BCUT2D eigenvalue weighted by Gasteiger charge is -2.39. The normalized spacial score (nSPS) is 28.2. The first-order valence-corrected chi connectivity index (χ1v) is 31.3. The quantitative estimate of drug-likeness (QED) is 0.0381. The largest absolute Gasteiger partial charge is 0.508 e. The van der Waals surface area contributed by atoms with Crippen LogP contribution in [0.4, 0.5) is 0 Å². The van der Waals surface area contributed by atoms with Crippen LogP contribution in [0.1, 0.15) is 121 Å². The lowest BCUT2D eigenvalue weighted by atomic mass is 9.65. The van der Waals surface area contributed by atoms with Gasteiger partial charge in [0.1, 0.15) is 36.1 Å². The predicted molar refractivity (Wildman–Crippen MR) is 316 cm³/mol. The first-order valence-electron chi connectivity index (χ1n) is 29.0. The molecule has 4 aromatic carbocycles. The highest BCUT2D eigenvalue weighted by molar-refractivity contribution is 8.77. The molecule has 5 heterocycles. The Hall–Kier alpha value is -5.57. The molecular formula is C65H76N4O9S2. The Balaban J connectivity index is 1.10. The number of fused-ring (bicyclic) bond motifs is 11. The van der Waals surface area contributed by atoms with Gasteiger partial charge in [-0.1, -0.05) is 94.6 Å². The van der Waals surface area contributed by atoms with Crippen LogP contribution in [0.3, 0.4) is 0 Å². The van der Waals surface area contributed by atoms with E-state index in [1.807, 2.05) is 33.7 Å². The van der Waals surface area contributed by atoms with Crippen molar-refractivity contribution in [1.82, 2.24) is 16.0 Å². The summed E-state index contributed by atoms with van der Waals surface area (Å²) in [6, 6.07) is 18.7. The lowest BCUT2D eigenvalue weighted by Crippen LogP contribution is -2.52. The van der Waals surface area contributed by atoms with Crippen molar-refractivity contribution in [3.63, 3.8) is 0 Å². The number of carbonyl (C=O) groups excluding carboxylic acids is 1. The van der Waals surface area contributed by atoms with E-state index in [-0.39, 0.29) is 60.3 Å². The fourth-order valence-electron chi connectivity index (χ4n) is 14.6. The molecule has 8 N–H and O–H groups in total. The number of hydrogen-bond acceptors (Lipinski definition) is 15. The number of ether oxygens (including phenoxy) is 5. The van der Waals surface area contributed by atoms with Gasteiger partial charge in [-0.2, -0.15) is 0 Å². The van der Waals surface area contributed by atoms with Crippen molar-refractivity contribution in [2.75, 3.05) is 46.3 Å². The van der Waals surface area contributed by atoms with Crippen molar-refractivity contribution < 1.29 is 43.8 Å². The van der Waals surface area contributed by atoms with Crippen LogP contribution < -0.4 is 35.9 Å². The monoisotopic (exact) mass is 1120 g/mol. The van der Waals surface area contributed by atoms with Gasteiger partial charge in [-0.05, 0) is 128 Å². The highest BCUT2D eigenvalue weighted by Gasteiger charge is 2.52. The second-order valence-electron chi connectivity index (χ2n) is 23.6. The van der Waals surface area contributed by atoms with E-state index in [2.05, 4.69) is 88.5 Å². The van der Waals surface area contributed by atoms with Gasteiger partial charge >= 0.3 is 5.97 Å². The summed E-state index contributed by atoms with van der Waals surface area (Å²) in [5, 5.41) is 46.4. The number of allylic oxidation sites excluding steroid dienone is 3. The van der Waals surface area contributed by atoms with Gasteiger partial charge in [-0.15, -0.1) is 0 Å². The lowest BCUT2D eigenvalue weighted by molar-refractivity contribution is -0.141. The number of dihydropyridines is 1. The molecule has 0 amide bonds. The maximum Gasteiger partial charge on any atom is 0.302 e. The molecule has 422 valence electrons. The number of carbonyl (C=O) groups is 1. The summed E-state index contributed by atoms with van der Waals surface area (Å²) in [4.78, 5) is 13.1. The van der Waals surface area contributed by atoms with E-state index in [1.165, 1.54) is 25.3 Å². The van der Waals surface area contributed by atoms with Crippen LogP contribution in [0.25, 0.3) is 17.2 Å². The minimum atomic E-state index is -0.739. The minimum Gasteiger partial charge on any atom is -0.508 e. The summed E-state index contributed by atoms with van der Waals surface area (Å²) in [5.74, 6) is 10.2. The Morgan fingerprint density at radius 3 is 2.74 bits per heavy atom. The molecule has 3 fully saturated rings. The molecule has 12 rings (SSSR count). The number of phenols is 2. The summed E-state index contributed by atoms with van der Waals surface area (Å²) in [6.45, 7) is 2.65. The summed E-state index contributed by atoms with van der Waals surface area (Å²) >= 11 is 0. The van der Waals surface area contributed by atoms with Crippen molar-refractivity contribution in [3.05, 3.63) is 129 Å². The standard InChI is InChI=1S/C65H76N4O9S2/c1-37(71)76-35-51-47-16-17-48-57-43(28-45(72)29-54(57)75-3)31-65-23-21-39(30-65)25-42-15-20-56(66)69-52(42)14-8-13-46-50(33-67-32-41(34-70)22-24-74-2)60(73)63-49(58(46)61(51)77-62(47)59(48)65)18-19-53-64(78-63)55(27-38-9-5-4-6-10-38)80-79-36-40-11-7-12-44(26-40)68-53/h4-6,9-10,15-20,28-29,39-41,44,51,53,55-56,61,64,67-70,72-73H,7,11-13,21-27,30-36,66H2,1-3H3. The van der Waals surface area contributed by atoms with Gasteiger partial charge in [0.2, 0.25) is 0 Å². The Morgan fingerprint density at radius 2 is 1.91 bits per heavy atom. The zero-order valence-corrected chi connectivity index (χ0v) is 47.8. The average Bonchev–Trinajstić information content (AvgIpc) is 4.09. The number of methoxy groups -OCH3 is 2. The summed E-state index contributed by atoms with van der Waals surface area (Å²) < 4.78 is 33.2. The van der Waals surface area contributed by atoms with Gasteiger partial charge in [0.25, 0.3) is 0 Å². The molecule has 6 bridgehead atoms. The molecule has 80 heavy (non-hydrogen) atoms. The second-order valence-corrected chi connectivity index (χ2v) is 26.3. The molecule has 5 aliphatic heterocycles. The van der Waals surface area contributed by atoms with Crippen molar-refractivity contribution in [1.29, 1.82) is 0 Å². The molecule has 11 unspecified atom stereocenters. The van der Waals surface area contributed by atoms with Gasteiger partial charge in [0, 0.05) is 103 Å². The number of rotatable bonds is 13. The van der Waals surface area contributed by atoms with Crippen LogP contribution in [0.2, 0.25) is 0 Å². The van der Waals surface area contributed by atoms with Crippen LogP contribution in [-0.2, 0) is 45.5 Å². The van der Waals surface area contributed by atoms with Gasteiger partial charge in [-0.3, -0.25) is 4.79 Å². The third kappa shape index (κ3) is 10.9. The third-order valence-corrected chi connectivity index (χ3v) is 21.4. The van der Waals surface area contributed by atoms with Crippen molar-refractivity contribution in [2.45, 2.75) is 138 Å². The summed E-state index contributed by atoms with van der Waals surface area (Å²) in [6.07, 6.45) is 17.4. The van der Waals surface area contributed by atoms with Crippen LogP contribution in [0.15, 0.2) is 84.1 Å². The van der Waals surface area contributed by atoms with E-state index in [1.54, 1.807) is 20.3 Å². The SMILES string of the molecule is COCCC(CO)CNCc1c(O)c2c(c3c1CC#CC1=C(C=CC(N)N1)CC1CCC4(Cc5cc(O)cc(OC)c5-c5ccc6c(c54)OC3C6COC(C)=O)C1)C=CC1NC3CCCC(CSSC(Cc4ccccc4)C1O2)C3. The number of hydrogen-bond donors (Lipinski definition) is 7. The minimum absolute atomic E-state index is 0.0146. The molecule has 3 aliphatic carbocycles. The molecule has 4 aromatic rings. The average molecular weight is 1120 g/mol. The molecule has 0 aromatic heterocycles. The number of aliphatic hydroxyl groups is 1. The number of aromatic hydroxyl groups is 2. The maximum atomic E-state index is 13.4. The Labute approximate surface area is 478 Å². The summed E-state index contributed by atoms with van der Waals surface area (Å²) in [7, 11) is 7.18. The number of benzene rings is 4. The molecule has 1 saturated heterocycles. The van der Waals surface area contributed by atoms with Crippen LogP contribution in [0, 0.1) is 29.6 Å². The number of nitrogens with two attached hydrogens (primary N) is 1. The van der Waals surface area contributed by atoms with Crippen molar-refractivity contribution in [2.24, 2.45) is 23.5 Å². The van der Waals surface area contributed by atoms with Crippen LogP contribution >= 0.6 is 21.6 Å². The first-order chi connectivity index (χ1) is 39.0. The first kappa shape index (κ1) is 55.0. The van der Waals surface area contributed by atoms with E-state index in [4.69, 9.17) is 29.4 Å². The Bertz CT molecular complexity index is 3150. The van der Waals surface area contributed by atoms with Gasteiger partial charge in [0.05, 0.1) is 36.2 Å². The van der Waals surface area contributed by atoms with E-state index in [9.17, 15) is 20.1 Å². The highest BCUT2D eigenvalue weighted by atomic mass is 33.1. The van der Waals surface area contributed by atoms with E-state index in [0.717, 1.165) is 107 Å². The molecule has 8 aliphatic rings. The van der Waals surface area contributed by atoms with Gasteiger partial charge < -0.3 is 60.7 Å². The highest BCUT2D eigenvalue weighted by Crippen LogP contribution is 2.63. The van der Waals surface area contributed by atoms with E-state index < -0.39 is 30.3 Å². The second kappa shape index (κ2) is 23.7. The molecule has 2 saturated carbocycles. The predicted octanol–water partition coefficient (Wildman–Crippen LogP) is 9.83. The zero-order chi connectivity index (χ0) is 55.1. The topological polar surface area (TPSA) is 186 Å². The van der Waals surface area contributed by atoms with Crippen LogP contribution in [0.5, 0.6) is 28.7 Å². The third-order valence-electron chi connectivity index (χ3n) is 18.4. The van der Waals surface area contributed by atoms with Crippen LogP contribution in [-0.4, -0.2) is 97.2 Å². The smallest absolute Gasteiger partial charge is 0.302 e. The molecule has 15 heteroatoms. The maximum absolute atomic E-state index is 13.4. The van der Waals surface area contributed by atoms with Gasteiger partial charge in [-0.25, -0.2) is 0 Å². The number of phenolic OH excluding ortho intramolecular Hbond substituents is 2. The molecule has 1 spiro atoms. The molecule has 11 atom stereocenters. The summed E-state index contributed by atoms with van der Waals surface area (Å²) in [5.41, 5.74) is 17.3. The molecular weight excluding hydrogens is 1040 g/mol. The Morgan fingerprint density at radius 1 is 1.04 bits per heavy atom. The number of aliphatic hydroxyl groups excluding tert-OH is 1. The number of nitrogens with one attached hydrogen (secondary N) is 3. The van der Waals surface area contributed by atoms with E-state index in [0.29, 0.717) is 66.5 Å². The molecule has 0 radical (unpaired) electrons. The van der Waals surface area contributed by atoms with E-state index >= 15 is 0 Å². The fourth-order valence-corrected chi connectivity index (χ4v) is 17.8. The Kier molecular flexibility index (Phi) is 16.3. The zero-order valence-electron chi connectivity index (χ0n) is 46.2. The fraction of sp³-hybridized carbons (Fsp3) is 0.492. The number of esters is 1. The van der Waals surface area contributed by atoms with Crippen molar-refractivity contribution in [3.8, 4) is 51.7 Å². The molecule has 13 nitrogen and oxygen atoms in total.